The van der Waals surface area contributed by atoms with Gasteiger partial charge in [0.1, 0.15) is 11.2 Å². The first-order chi connectivity index (χ1) is 17.3. The number of halogens is 3. The van der Waals surface area contributed by atoms with E-state index in [1.807, 2.05) is 4.57 Å². The highest BCUT2D eigenvalue weighted by Crippen LogP contribution is 2.38. The normalized spacial score (nSPS) is 24.6. The molecule has 12 heteroatoms. The second-order valence-corrected chi connectivity index (χ2v) is 10.0. The zero-order valence-electron chi connectivity index (χ0n) is 19.8. The SMILES string of the molecule is C[C@H]1COCC[C@H]1Nc1ncc2nc(Nc3c(F)cc(Cl)cc3F)n([C@H]3CC[C@H](C(N)=O)CC3)c2n1. The highest BCUT2D eigenvalue weighted by Gasteiger charge is 2.30. The van der Waals surface area contributed by atoms with Crippen LogP contribution in [0, 0.1) is 23.5 Å². The minimum atomic E-state index is -0.835. The van der Waals surface area contributed by atoms with Crippen LogP contribution < -0.4 is 16.4 Å². The molecule has 0 unspecified atom stereocenters. The van der Waals surface area contributed by atoms with Crippen LogP contribution in [0.5, 0.6) is 0 Å². The number of anilines is 3. The molecule has 1 aliphatic carbocycles. The highest BCUT2D eigenvalue weighted by atomic mass is 35.5. The molecule has 1 aromatic carbocycles. The third-order valence-electron chi connectivity index (χ3n) is 7.10. The number of primary amides is 1. The monoisotopic (exact) mass is 519 g/mol. The van der Waals surface area contributed by atoms with Crippen LogP contribution in [-0.4, -0.2) is 44.7 Å². The van der Waals surface area contributed by atoms with Gasteiger partial charge in [-0.25, -0.2) is 18.7 Å². The Kier molecular flexibility index (Phi) is 6.94. The van der Waals surface area contributed by atoms with Crippen LogP contribution in [0.25, 0.3) is 11.2 Å². The predicted molar refractivity (Wildman–Crippen MR) is 132 cm³/mol. The summed E-state index contributed by atoms with van der Waals surface area (Å²) >= 11 is 5.79. The average Bonchev–Trinajstić information content (AvgIpc) is 3.20. The number of aromatic nitrogens is 4. The number of nitrogens with zero attached hydrogens (tertiary/aromatic N) is 4. The number of nitrogens with two attached hydrogens (primary N) is 1. The lowest BCUT2D eigenvalue weighted by Gasteiger charge is -2.30. The first kappa shape index (κ1) is 24.6. The van der Waals surface area contributed by atoms with Gasteiger partial charge >= 0.3 is 0 Å². The van der Waals surface area contributed by atoms with Gasteiger partial charge in [0, 0.05) is 29.6 Å². The van der Waals surface area contributed by atoms with E-state index in [0.29, 0.717) is 61.9 Å². The molecule has 1 saturated heterocycles. The van der Waals surface area contributed by atoms with E-state index in [0.717, 1.165) is 18.6 Å². The van der Waals surface area contributed by atoms with Crippen LogP contribution in [0.3, 0.4) is 0 Å². The van der Waals surface area contributed by atoms with Gasteiger partial charge in [0.05, 0.1) is 12.8 Å². The molecule has 3 heterocycles. The zero-order chi connectivity index (χ0) is 25.4. The fraction of sp³-hybridized carbons (Fsp3) is 0.500. The van der Waals surface area contributed by atoms with E-state index in [1.165, 1.54) is 0 Å². The lowest BCUT2D eigenvalue weighted by atomic mass is 9.85. The molecule has 0 bridgehead atoms. The van der Waals surface area contributed by atoms with Gasteiger partial charge in [0.15, 0.2) is 17.3 Å². The number of carbonyl (C=O) groups is 1. The van der Waals surface area contributed by atoms with E-state index in [-0.39, 0.29) is 40.6 Å². The van der Waals surface area contributed by atoms with Crippen molar-refractivity contribution in [1.29, 1.82) is 0 Å². The largest absolute Gasteiger partial charge is 0.381 e. The van der Waals surface area contributed by atoms with Gasteiger partial charge in [0.2, 0.25) is 17.8 Å². The van der Waals surface area contributed by atoms with E-state index < -0.39 is 11.6 Å². The summed E-state index contributed by atoms with van der Waals surface area (Å²) in [5.74, 6) is -1.20. The molecule has 2 fully saturated rings. The highest BCUT2D eigenvalue weighted by molar-refractivity contribution is 6.30. The molecule has 1 saturated carbocycles. The van der Waals surface area contributed by atoms with Crippen LogP contribution in [0.2, 0.25) is 5.02 Å². The lowest BCUT2D eigenvalue weighted by Crippen LogP contribution is -2.36. The molecule has 2 aromatic heterocycles. The topological polar surface area (TPSA) is 120 Å². The summed E-state index contributed by atoms with van der Waals surface area (Å²) in [6.07, 6.45) is 4.93. The van der Waals surface area contributed by atoms with Crippen molar-refractivity contribution in [3.8, 4) is 0 Å². The van der Waals surface area contributed by atoms with Gasteiger partial charge in [-0.05, 0) is 50.2 Å². The van der Waals surface area contributed by atoms with Gasteiger partial charge in [-0.1, -0.05) is 18.5 Å². The molecule has 3 aromatic rings. The quantitative estimate of drug-likeness (QED) is 0.437. The molecule has 0 radical (unpaired) electrons. The maximum atomic E-state index is 14.6. The van der Waals surface area contributed by atoms with E-state index in [4.69, 9.17) is 27.1 Å². The van der Waals surface area contributed by atoms with Crippen molar-refractivity contribution in [2.24, 2.45) is 17.6 Å². The van der Waals surface area contributed by atoms with Gasteiger partial charge < -0.3 is 21.1 Å². The minimum absolute atomic E-state index is 0.0437. The van der Waals surface area contributed by atoms with Crippen molar-refractivity contribution in [2.75, 3.05) is 23.8 Å². The fourth-order valence-corrected chi connectivity index (χ4v) is 5.24. The predicted octanol–water partition coefficient (Wildman–Crippen LogP) is 4.56. The molecular formula is C24H28ClF2N7O2. The van der Waals surface area contributed by atoms with Gasteiger partial charge in [-0.3, -0.25) is 9.36 Å². The van der Waals surface area contributed by atoms with Crippen LogP contribution in [-0.2, 0) is 9.53 Å². The molecule has 9 nitrogen and oxygen atoms in total. The number of imidazole rings is 1. The maximum Gasteiger partial charge on any atom is 0.224 e. The van der Waals surface area contributed by atoms with Crippen LogP contribution in [0.15, 0.2) is 18.3 Å². The minimum Gasteiger partial charge on any atom is -0.381 e. The van der Waals surface area contributed by atoms with E-state index in [1.54, 1.807) is 6.20 Å². The summed E-state index contributed by atoms with van der Waals surface area (Å²) in [5, 5.41) is 6.17. The Morgan fingerprint density at radius 2 is 1.89 bits per heavy atom. The second-order valence-electron chi connectivity index (χ2n) is 9.58. The molecule has 2 atom stereocenters. The Bertz CT molecular complexity index is 1260. The first-order valence-electron chi connectivity index (χ1n) is 12.1. The van der Waals surface area contributed by atoms with Crippen LogP contribution in [0.4, 0.5) is 26.4 Å². The first-order valence-corrected chi connectivity index (χ1v) is 12.5. The summed E-state index contributed by atoms with van der Waals surface area (Å²) in [7, 11) is 0. The summed E-state index contributed by atoms with van der Waals surface area (Å²) < 4.78 is 36.6. The molecule has 192 valence electrons. The molecule has 1 amide bonds. The Labute approximate surface area is 211 Å². The number of benzene rings is 1. The van der Waals surface area contributed by atoms with Gasteiger partial charge in [0.25, 0.3) is 0 Å². The van der Waals surface area contributed by atoms with E-state index >= 15 is 0 Å². The van der Waals surface area contributed by atoms with Crippen molar-refractivity contribution in [3.05, 3.63) is 35.0 Å². The number of carbonyl (C=O) groups excluding carboxylic acids is 1. The van der Waals surface area contributed by atoms with E-state index in [9.17, 15) is 13.6 Å². The molecule has 1 aliphatic heterocycles. The summed E-state index contributed by atoms with van der Waals surface area (Å²) in [6.45, 7) is 3.43. The molecule has 0 spiro atoms. The van der Waals surface area contributed by atoms with Crippen molar-refractivity contribution in [3.63, 3.8) is 0 Å². The Hall–Kier alpha value is -3.05. The number of rotatable bonds is 6. The average molecular weight is 520 g/mol. The molecule has 4 N–H and O–H groups in total. The molecule has 36 heavy (non-hydrogen) atoms. The van der Waals surface area contributed by atoms with Gasteiger partial charge in [-0.15, -0.1) is 0 Å². The smallest absolute Gasteiger partial charge is 0.224 e. The van der Waals surface area contributed by atoms with Crippen molar-refractivity contribution in [1.82, 2.24) is 19.5 Å². The third-order valence-corrected chi connectivity index (χ3v) is 7.31. The summed E-state index contributed by atoms with van der Waals surface area (Å²) in [5.41, 5.74) is 6.18. The maximum absolute atomic E-state index is 14.6. The van der Waals surface area contributed by atoms with Crippen LogP contribution in [0.1, 0.15) is 45.1 Å². The number of fused-ring (bicyclic) bond motifs is 1. The standard InChI is InChI=1S/C24H28ClF2N7O2/c1-12-11-36-7-6-18(12)30-23-29-10-19-22(33-23)34(15-4-2-13(3-5-15)21(28)35)24(31-19)32-20-16(26)8-14(25)9-17(20)27/h8-10,12-13,15,18H,2-7,11H2,1H3,(H2,28,35)(H,31,32)(H,29,30,33)/t12-,13-,15-,18+/m0/s1. The lowest BCUT2D eigenvalue weighted by molar-refractivity contribution is -0.122. The number of hydrogen-bond acceptors (Lipinski definition) is 7. The van der Waals surface area contributed by atoms with Crippen molar-refractivity contribution < 1.29 is 18.3 Å². The van der Waals surface area contributed by atoms with Crippen LogP contribution >= 0.6 is 11.6 Å². The molecular weight excluding hydrogens is 492 g/mol. The molecule has 2 aliphatic rings. The number of nitrogens with one attached hydrogen (secondary N) is 2. The van der Waals surface area contributed by atoms with Crippen molar-refractivity contribution >= 4 is 46.3 Å². The second kappa shape index (κ2) is 10.1. The Balaban J connectivity index is 1.53. The van der Waals surface area contributed by atoms with Gasteiger partial charge in [-0.2, -0.15) is 4.98 Å². The molecule has 5 rings (SSSR count). The fourth-order valence-electron chi connectivity index (χ4n) is 5.05. The number of hydrogen-bond donors (Lipinski definition) is 3. The van der Waals surface area contributed by atoms with E-state index in [2.05, 4.69) is 27.5 Å². The van der Waals surface area contributed by atoms with Crippen molar-refractivity contribution in [2.45, 2.75) is 51.1 Å². The Morgan fingerprint density at radius 1 is 1.17 bits per heavy atom. The number of amides is 1. The number of ether oxygens (including phenoxy) is 1. The third kappa shape index (κ3) is 4.94. The zero-order valence-corrected chi connectivity index (χ0v) is 20.6. The Morgan fingerprint density at radius 3 is 2.56 bits per heavy atom. The summed E-state index contributed by atoms with van der Waals surface area (Å²) in [6, 6.07) is 2.13. The summed E-state index contributed by atoms with van der Waals surface area (Å²) in [4.78, 5) is 25.4.